The SMILES string of the molecule is Cc1cc(-c2ccccc2)ccc1-c1cc2c(c(C)c1NC(C)(C)C)-c1ccccc1C2(C)C.[2H]C(C)(C)c1c(N(c2ccc(-c3ccccc3)cc2)C(C)(C)C)ccc2c1-c1ccccc1C2(C)C.[2H]C(C)c1cc(-c2ccccc2)ccc1N(c1ccc2c(c1C([2H])C)-c1ccccc1C2(C)C)C(C)(C)C. The van der Waals surface area contributed by atoms with Crippen molar-refractivity contribution in [3.63, 3.8) is 0 Å². The zero-order chi connectivity index (χ0) is 77.5. The molecule has 3 heteroatoms. The third-order valence-corrected chi connectivity index (χ3v) is 22.3. The molecule has 0 heterocycles. The standard InChI is InChI=1S/C35H39N.C34H37N.C33H35N/c1-8-24-23-26(25-15-11-10-12-16-25)19-21-31(24)36(34(3,4)5)32-22-20-30-33(27(32)9-2)28-17-13-14-18-29(28)35(30,6)7;1-23(2)31-30(22-21-29-32(31)27-15-11-12-16-28(27)34(29,6)7)35(33(3,4)5)26-19-17-25(18-20-26)24-13-9-8-10-14-24;1-21-19-24(23-13-9-8-10-14-23)17-18-25(21)27-20-29-30(22(2)31(27)34-32(3,4)5)26-15-11-12-16-28(26)33(29,6)7/h10-23H,8-9H2,1-7H3;8-23H,1-7H3;8-20,34H,1-7H3/i8D,9D;23D;. The average molecular weight is 1380 g/mol. The van der Waals surface area contributed by atoms with Gasteiger partial charge in [-0.3, -0.25) is 0 Å². The number of hydrogen-bond donors (Lipinski definition) is 1. The van der Waals surface area contributed by atoms with Gasteiger partial charge in [-0.1, -0.05) is 282 Å². The van der Waals surface area contributed by atoms with E-state index >= 15 is 0 Å². The molecule has 0 saturated heterocycles. The molecule has 1 N–H and O–H groups in total. The van der Waals surface area contributed by atoms with E-state index in [1.165, 1.54) is 117 Å². The smallest absolute Gasteiger partial charge is 0.0460 e. The second-order valence-corrected chi connectivity index (χ2v) is 34.1. The number of nitrogens with one attached hydrogen (secondary N) is 1. The van der Waals surface area contributed by atoms with E-state index in [1.54, 1.807) is 0 Å². The third-order valence-electron chi connectivity index (χ3n) is 22.3. The van der Waals surface area contributed by atoms with Crippen LogP contribution in [0.2, 0.25) is 0 Å². The molecule has 2 unspecified atom stereocenters. The molecule has 15 rings (SSSR count). The lowest BCUT2D eigenvalue weighted by Crippen LogP contribution is -2.39. The van der Waals surface area contributed by atoms with Crippen LogP contribution in [0.3, 0.4) is 0 Å². The molecule has 0 amide bonds. The molecular weight excluding hydrogens is 1270 g/mol. The lowest BCUT2D eigenvalue weighted by Gasteiger charge is -2.41. The minimum atomic E-state index is -0.776. The van der Waals surface area contributed by atoms with Crippen LogP contribution in [-0.2, 0) is 29.0 Å². The van der Waals surface area contributed by atoms with E-state index in [9.17, 15) is 1.37 Å². The summed E-state index contributed by atoms with van der Waals surface area (Å²) in [7, 11) is 0. The molecule has 0 aromatic heterocycles. The van der Waals surface area contributed by atoms with Crippen molar-refractivity contribution in [3.8, 4) is 77.9 Å². The summed E-state index contributed by atoms with van der Waals surface area (Å²) in [5.74, 6) is -0.776. The van der Waals surface area contributed by atoms with Gasteiger partial charge >= 0.3 is 0 Å². The van der Waals surface area contributed by atoms with E-state index in [0.29, 0.717) is 0 Å². The summed E-state index contributed by atoms with van der Waals surface area (Å²) < 4.78 is 27.2. The van der Waals surface area contributed by atoms with Crippen molar-refractivity contribution in [2.75, 3.05) is 15.1 Å². The lowest BCUT2D eigenvalue weighted by atomic mass is 9.80. The van der Waals surface area contributed by atoms with E-state index in [1.807, 2.05) is 33.8 Å². The molecule has 0 aliphatic heterocycles. The molecule has 105 heavy (non-hydrogen) atoms. The summed E-state index contributed by atoms with van der Waals surface area (Å²) in [6.07, 6.45) is -0.809. The highest BCUT2D eigenvalue weighted by Crippen LogP contribution is 2.58. The first-order valence-corrected chi connectivity index (χ1v) is 38.0. The van der Waals surface area contributed by atoms with Crippen LogP contribution in [0.15, 0.2) is 255 Å². The molecule has 12 aromatic carbocycles. The largest absolute Gasteiger partial charge is 0.380 e. The zero-order valence-electron chi connectivity index (χ0n) is 69.3. The van der Waals surface area contributed by atoms with Gasteiger partial charge in [0.1, 0.15) is 0 Å². The van der Waals surface area contributed by atoms with Crippen LogP contribution in [0.25, 0.3) is 77.9 Å². The summed E-state index contributed by atoms with van der Waals surface area (Å²) in [5.41, 5.74) is 36.3. The predicted molar refractivity (Wildman–Crippen MR) is 456 cm³/mol. The Morgan fingerprint density at radius 2 is 0.781 bits per heavy atom. The molecule has 12 aromatic rings. The summed E-state index contributed by atoms with van der Waals surface area (Å²) in [6.45, 7) is 46.6. The Hall–Kier alpha value is -9.96. The minimum Gasteiger partial charge on any atom is -0.380 e. The van der Waals surface area contributed by atoms with Crippen LogP contribution in [0.4, 0.5) is 28.4 Å². The van der Waals surface area contributed by atoms with Crippen molar-refractivity contribution in [2.45, 2.75) is 197 Å². The van der Waals surface area contributed by atoms with Gasteiger partial charge in [0.25, 0.3) is 0 Å². The van der Waals surface area contributed by atoms with Crippen molar-refractivity contribution in [3.05, 3.63) is 316 Å². The van der Waals surface area contributed by atoms with Gasteiger partial charge in [-0.25, -0.2) is 0 Å². The molecule has 3 nitrogen and oxygen atoms in total. The maximum absolute atomic E-state index is 9.33. The summed E-state index contributed by atoms with van der Waals surface area (Å²) in [6, 6.07) is 91.7. The van der Waals surface area contributed by atoms with Gasteiger partial charge in [0.15, 0.2) is 0 Å². The number of hydrogen-bond acceptors (Lipinski definition) is 3. The van der Waals surface area contributed by atoms with Crippen molar-refractivity contribution >= 4 is 28.4 Å². The quantitative estimate of drug-likeness (QED) is 0.132. The number of nitrogens with zero attached hydrogens (tertiary/aromatic N) is 2. The van der Waals surface area contributed by atoms with Gasteiger partial charge in [-0.2, -0.15) is 0 Å². The lowest BCUT2D eigenvalue weighted by molar-refractivity contribution is 0.557. The molecule has 0 fully saturated rings. The number of fused-ring (bicyclic) bond motifs is 9. The molecule has 0 saturated carbocycles. The fourth-order valence-electron chi connectivity index (χ4n) is 17.3. The summed E-state index contributed by atoms with van der Waals surface area (Å²) in [4.78, 5) is 4.79. The monoisotopic (exact) mass is 1380 g/mol. The van der Waals surface area contributed by atoms with E-state index in [0.717, 1.165) is 50.6 Å². The topological polar surface area (TPSA) is 18.5 Å². The first-order valence-electron chi connectivity index (χ1n) is 39.6. The van der Waals surface area contributed by atoms with Crippen LogP contribution in [0, 0.1) is 13.8 Å². The zero-order valence-corrected chi connectivity index (χ0v) is 66.3. The minimum absolute atomic E-state index is 0.0242. The number of benzene rings is 12. The molecule has 2 atom stereocenters. The maximum atomic E-state index is 9.33. The van der Waals surface area contributed by atoms with Gasteiger partial charge in [0.2, 0.25) is 0 Å². The molecule has 0 spiro atoms. The predicted octanol–water partition coefficient (Wildman–Crippen LogP) is 28.6. The average Bonchev–Trinajstić information content (AvgIpc) is 1.56. The molecule has 0 radical (unpaired) electrons. The molecule has 534 valence electrons. The molecular formula is C102H111N3. The van der Waals surface area contributed by atoms with Crippen molar-refractivity contribution < 1.29 is 4.11 Å². The summed E-state index contributed by atoms with van der Waals surface area (Å²) in [5, 5.41) is 3.88. The molecule has 3 aliphatic rings. The van der Waals surface area contributed by atoms with E-state index in [4.69, 9.17) is 2.74 Å². The number of anilines is 5. The Balaban J connectivity index is 0.000000143. The second-order valence-electron chi connectivity index (χ2n) is 34.1. The van der Waals surface area contributed by atoms with Crippen LogP contribution >= 0.6 is 0 Å². The normalized spacial score (nSPS) is 15.1. The third kappa shape index (κ3) is 13.6. The van der Waals surface area contributed by atoms with Crippen LogP contribution in [0.1, 0.15) is 203 Å². The Morgan fingerprint density at radius 3 is 1.26 bits per heavy atom. The Labute approximate surface area is 634 Å². The van der Waals surface area contributed by atoms with Gasteiger partial charge in [-0.15, -0.1) is 0 Å². The van der Waals surface area contributed by atoms with Gasteiger partial charge in [-0.05, 0) is 271 Å². The number of aryl methyl sites for hydroxylation is 2. The highest BCUT2D eigenvalue weighted by Gasteiger charge is 2.42. The highest BCUT2D eigenvalue weighted by atomic mass is 15.2. The van der Waals surface area contributed by atoms with Crippen molar-refractivity contribution in [1.82, 2.24) is 0 Å². The fourth-order valence-corrected chi connectivity index (χ4v) is 17.3. The van der Waals surface area contributed by atoms with Crippen molar-refractivity contribution in [2.24, 2.45) is 0 Å². The van der Waals surface area contributed by atoms with Crippen LogP contribution < -0.4 is 15.1 Å². The fraction of sp³-hybridized carbons (Fsp3) is 0.294. The van der Waals surface area contributed by atoms with E-state index < -0.39 is 18.7 Å². The highest BCUT2D eigenvalue weighted by molar-refractivity contribution is 5.96. The van der Waals surface area contributed by atoms with Crippen molar-refractivity contribution in [1.29, 1.82) is 0 Å². The Kier molecular flexibility index (Phi) is 18.6. The van der Waals surface area contributed by atoms with E-state index in [2.05, 4.69) is 382 Å². The van der Waals surface area contributed by atoms with Gasteiger partial charge in [0, 0.05) is 71.0 Å². The first kappa shape index (κ1) is 69.4. The molecule has 0 bridgehead atoms. The Morgan fingerprint density at radius 1 is 0.371 bits per heavy atom. The van der Waals surface area contributed by atoms with Gasteiger partial charge < -0.3 is 15.1 Å². The van der Waals surface area contributed by atoms with Crippen LogP contribution in [0.5, 0.6) is 0 Å². The second kappa shape index (κ2) is 28.2. The molecule has 3 aliphatic carbocycles. The maximum Gasteiger partial charge on any atom is 0.0460 e. The number of rotatable bonds is 12. The van der Waals surface area contributed by atoms with Gasteiger partial charge in [0.05, 0.1) is 0 Å². The summed E-state index contributed by atoms with van der Waals surface area (Å²) >= 11 is 0. The van der Waals surface area contributed by atoms with E-state index in [-0.39, 0.29) is 32.9 Å². The Bertz CT molecular complexity index is 5320. The first-order chi connectivity index (χ1) is 50.9. The van der Waals surface area contributed by atoms with Crippen LogP contribution in [-0.4, -0.2) is 16.6 Å².